The summed E-state index contributed by atoms with van der Waals surface area (Å²) in [7, 11) is 1.26. The summed E-state index contributed by atoms with van der Waals surface area (Å²) in [6.45, 7) is 0.571. The lowest BCUT2D eigenvalue weighted by Gasteiger charge is -2.42. The zero-order valence-corrected chi connectivity index (χ0v) is 20.2. The average Bonchev–Trinajstić information content (AvgIpc) is 3.43. The van der Waals surface area contributed by atoms with E-state index in [1.807, 2.05) is 4.90 Å². The Bertz CT molecular complexity index is 1230. The molecule has 1 aromatic carbocycles. The van der Waals surface area contributed by atoms with Gasteiger partial charge in [0, 0.05) is 40.4 Å². The highest BCUT2D eigenvalue weighted by molar-refractivity contribution is 7.11. The number of aliphatic carboxylic acids is 1. The van der Waals surface area contributed by atoms with Gasteiger partial charge in [-0.25, -0.2) is 14.2 Å². The summed E-state index contributed by atoms with van der Waals surface area (Å²) >= 11 is 7.74. The lowest BCUT2D eigenvalue weighted by Crippen LogP contribution is -2.61. The Morgan fingerprint density at radius 1 is 1.46 bits per heavy atom. The molecule has 2 bridgehead atoms. The number of carbonyl (C=O) groups is 2. The largest absolute Gasteiger partial charge is 0.480 e. The van der Waals surface area contributed by atoms with E-state index >= 15 is 0 Å². The van der Waals surface area contributed by atoms with Gasteiger partial charge < -0.3 is 19.9 Å². The predicted molar refractivity (Wildman–Crippen MR) is 126 cm³/mol. The normalized spacial score (nSPS) is 26.3. The van der Waals surface area contributed by atoms with Crippen molar-refractivity contribution in [3.05, 3.63) is 62.5 Å². The number of hydrogen-bond donors (Lipinski definition) is 2. The SMILES string of the molecule is COC(=O)C1=C(CN2[C@@H]3CC[C@@]2(C(=O)O)COC3)NC(c2nccs2)=N[C@H]1c1ccc(F)cc1Cl. The first kappa shape index (κ1) is 23.9. The molecule has 2 saturated heterocycles. The number of halogens is 2. The number of carbonyl (C=O) groups excluding carboxylic acids is 1. The zero-order valence-electron chi connectivity index (χ0n) is 18.7. The van der Waals surface area contributed by atoms with Crippen LogP contribution in [-0.4, -0.2) is 71.2 Å². The van der Waals surface area contributed by atoms with E-state index in [1.165, 1.54) is 30.6 Å². The van der Waals surface area contributed by atoms with Crippen LogP contribution in [0.3, 0.4) is 0 Å². The highest BCUT2D eigenvalue weighted by Gasteiger charge is 2.55. The number of nitrogens with one attached hydrogen (secondary N) is 1. The van der Waals surface area contributed by atoms with Gasteiger partial charge in [-0.15, -0.1) is 11.3 Å². The minimum Gasteiger partial charge on any atom is -0.480 e. The predicted octanol–water partition coefficient (Wildman–Crippen LogP) is 2.77. The minimum absolute atomic E-state index is 0.0559. The van der Waals surface area contributed by atoms with E-state index in [0.29, 0.717) is 41.6 Å². The number of rotatable bonds is 6. The van der Waals surface area contributed by atoms with Gasteiger partial charge in [0.15, 0.2) is 10.8 Å². The quantitative estimate of drug-likeness (QED) is 0.559. The summed E-state index contributed by atoms with van der Waals surface area (Å²) in [5.74, 6) is -1.74. The Balaban J connectivity index is 1.64. The van der Waals surface area contributed by atoms with Crippen LogP contribution in [0.5, 0.6) is 0 Å². The number of aliphatic imine (C=N–C) groups is 1. The monoisotopic (exact) mass is 520 g/mol. The number of esters is 1. The summed E-state index contributed by atoms with van der Waals surface area (Å²) in [6.07, 6.45) is 2.73. The van der Waals surface area contributed by atoms with Crippen molar-refractivity contribution in [2.75, 3.05) is 26.9 Å². The Morgan fingerprint density at radius 3 is 2.97 bits per heavy atom. The Labute approximate surface area is 209 Å². The van der Waals surface area contributed by atoms with Crippen molar-refractivity contribution in [3.8, 4) is 0 Å². The molecule has 2 aromatic rings. The number of hydrogen-bond acceptors (Lipinski definition) is 9. The van der Waals surface area contributed by atoms with E-state index in [9.17, 15) is 19.1 Å². The summed E-state index contributed by atoms with van der Waals surface area (Å²) < 4.78 is 24.5. The fourth-order valence-electron chi connectivity index (χ4n) is 4.96. The highest BCUT2D eigenvalue weighted by Crippen LogP contribution is 2.41. The van der Waals surface area contributed by atoms with Crippen molar-refractivity contribution < 1.29 is 28.6 Å². The second-order valence-electron chi connectivity index (χ2n) is 8.56. The number of benzene rings is 1. The van der Waals surface area contributed by atoms with Crippen LogP contribution in [0.15, 0.2) is 46.0 Å². The van der Waals surface area contributed by atoms with E-state index in [1.54, 1.807) is 11.6 Å². The second-order valence-corrected chi connectivity index (χ2v) is 9.87. The lowest BCUT2D eigenvalue weighted by atomic mass is 9.93. The number of carboxylic acids is 1. The number of morpholine rings is 1. The zero-order chi connectivity index (χ0) is 24.7. The molecule has 2 N–H and O–H groups in total. The van der Waals surface area contributed by atoms with Crippen LogP contribution in [0.25, 0.3) is 0 Å². The van der Waals surface area contributed by atoms with Gasteiger partial charge in [0.05, 0.1) is 25.9 Å². The second kappa shape index (κ2) is 9.30. The first-order valence-electron chi connectivity index (χ1n) is 10.9. The highest BCUT2D eigenvalue weighted by atomic mass is 35.5. The standard InChI is InChI=1S/C23H22ClFN4O5S/c1-33-21(30)17-16(9-29-13-4-5-23(29,22(31)32)11-34-10-13)27-19(20-26-6-7-35-20)28-18(17)14-3-2-12(25)8-15(14)24/h2-3,6-8,13,18H,4-5,9-11H2,1H3,(H,27,28)(H,31,32)/t13-,18+,23+/m1/s1. The molecule has 3 aliphatic rings. The summed E-state index contributed by atoms with van der Waals surface area (Å²) in [6, 6.07) is 2.85. The van der Waals surface area contributed by atoms with Crippen LogP contribution in [0.4, 0.5) is 4.39 Å². The van der Waals surface area contributed by atoms with Crippen molar-refractivity contribution >= 4 is 40.7 Å². The lowest BCUT2D eigenvalue weighted by molar-refractivity contribution is -0.161. The molecule has 5 rings (SSSR count). The molecule has 0 amide bonds. The number of amidine groups is 1. The van der Waals surface area contributed by atoms with Crippen molar-refractivity contribution in [2.45, 2.75) is 30.5 Å². The molecular formula is C23H22ClFN4O5S. The van der Waals surface area contributed by atoms with Crippen LogP contribution < -0.4 is 5.32 Å². The van der Waals surface area contributed by atoms with E-state index in [2.05, 4.69) is 10.3 Å². The Kier molecular flexibility index (Phi) is 6.34. The van der Waals surface area contributed by atoms with Gasteiger partial charge in [0.25, 0.3) is 0 Å². The first-order valence-corrected chi connectivity index (χ1v) is 12.2. The number of aromatic nitrogens is 1. The fourth-order valence-corrected chi connectivity index (χ4v) is 5.82. The van der Waals surface area contributed by atoms with Crippen LogP contribution in [-0.2, 0) is 19.1 Å². The molecule has 4 heterocycles. The maximum atomic E-state index is 13.8. The molecular weight excluding hydrogens is 499 g/mol. The molecule has 9 nitrogen and oxygen atoms in total. The van der Waals surface area contributed by atoms with Crippen molar-refractivity contribution in [1.29, 1.82) is 0 Å². The summed E-state index contributed by atoms with van der Waals surface area (Å²) in [4.78, 5) is 36.3. The van der Waals surface area contributed by atoms with Crippen molar-refractivity contribution in [3.63, 3.8) is 0 Å². The van der Waals surface area contributed by atoms with Gasteiger partial charge in [-0.3, -0.25) is 14.7 Å². The van der Waals surface area contributed by atoms with Crippen molar-refractivity contribution in [2.24, 2.45) is 4.99 Å². The molecule has 0 spiro atoms. The van der Waals surface area contributed by atoms with E-state index in [0.717, 1.165) is 6.07 Å². The molecule has 2 fully saturated rings. The number of thiazole rings is 1. The van der Waals surface area contributed by atoms with Gasteiger partial charge in [0.2, 0.25) is 0 Å². The molecule has 0 saturated carbocycles. The number of nitrogens with zero attached hydrogens (tertiary/aromatic N) is 3. The van der Waals surface area contributed by atoms with Crippen LogP contribution in [0, 0.1) is 5.82 Å². The summed E-state index contributed by atoms with van der Waals surface area (Å²) in [5, 5.41) is 15.8. The first-order chi connectivity index (χ1) is 16.8. The van der Waals surface area contributed by atoms with Crippen LogP contribution in [0.1, 0.15) is 29.5 Å². The van der Waals surface area contributed by atoms with E-state index in [4.69, 9.17) is 26.1 Å². The summed E-state index contributed by atoms with van der Waals surface area (Å²) in [5.41, 5.74) is -0.174. The third-order valence-electron chi connectivity index (χ3n) is 6.68. The molecule has 1 aromatic heterocycles. The van der Waals surface area contributed by atoms with Crippen molar-refractivity contribution in [1.82, 2.24) is 15.2 Å². The number of carboxylic acid groups (broad SMARTS) is 1. The topological polar surface area (TPSA) is 113 Å². The average molecular weight is 521 g/mol. The van der Waals surface area contributed by atoms with Gasteiger partial charge in [-0.2, -0.15) is 0 Å². The third-order valence-corrected chi connectivity index (χ3v) is 7.79. The molecule has 184 valence electrons. The van der Waals surface area contributed by atoms with Gasteiger partial charge in [-0.05, 0) is 25.0 Å². The minimum atomic E-state index is -1.20. The van der Waals surface area contributed by atoms with Crippen LogP contribution >= 0.6 is 22.9 Å². The Hall–Kier alpha value is -2.86. The van der Waals surface area contributed by atoms with Gasteiger partial charge in [0.1, 0.15) is 17.4 Å². The van der Waals surface area contributed by atoms with Crippen LogP contribution in [0.2, 0.25) is 5.02 Å². The molecule has 3 aliphatic heterocycles. The molecule has 3 atom stereocenters. The third kappa shape index (κ3) is 4.12. The van der Waals surface area contributed by atoms with E-state index < -0.39 is 29.3 Å². The number of fused-ring (bicyclic) bond motifs is 2. The number of methoxy groups -OCH3 is 1. The fraction of sp³-hybridized carbons (Fsp3) is 0.391. The smallest absolute Gasteiger partial charge is 0.338 e. The van der Waals surface area contributed by atoms with E-state index in [-0.39, 0.29) is 29.8 Å². The van der Waals surface area contributed by atoms with Gasteiger partial charge >= 0.3 is 11.9 Å². The Morgan fingerprint density at radius 2 is 2.29 bits per heavy atom. The molecule has 35 heavy (non-hydrogen) atoms. The molecule has 12 heteroatoms. The number of ether oxygens (including phenoxy) is 2. The molecule has 0 radical (unpaired) electrons. The van der Waals surface area contributed by atoms with Gasteiger partial charge in [-0.1, -0.05) is 17.7 Å². The maximum Gasteiger partial charge on any atom is 0.338 e. The molecule has 0 unspecified atom stereocenters. The molecule has 0 aliphatic carbocycles. The maximum absolute atomic E-state index is 13.8.